The van der Waals surface area contributed by atoms with Crippen LogP contribution in [0.15, 0.2) is 30.3 Å². The number of amides is 1. The highest BCUT2D eigenvalue weighted by molar-refractivity contribution is 5.97. The molecule has 0 saturated carbocycles. The van der Waals surface area contributed by atoms with E-state index < -0.39 is 0 Å². The standard InChI is InChI=1S/C16H22N2O2.ClH/c1-17-14-9-11-18(12-10-14)16(20)8-7-15(19)13-5-3-2-4-6-13;/h2-6,14,17H,7-12H2,1H3;1H. The maximum atomic E-state index is 12.1. The number of nitrogens with zero attached hydrogens (tertiary/aromatic N) is 1. The number of carbonyl (C=O) groups excluding carboxylic acids is 2. The van der Waals surface area contributed by atoms with Crippen LogP contribution in [0, 0.1) is 0 Å². The summed E-state index contributed by atoms with van der Waals surface area (Å²) in [6, 6.07) is 9.68. The largest absolute Gasteiger partial charge is 0.343 e. The highest BCUT2D eigenvalue weighted by atomic mass is 35.5. The summed E-state index contributed by atoms with van der Waals surface area (Å²) in [6.45, 7) is 1.59. The van der Waals surface area contributed by atoms with Gasteiger partial charge >= 0.3 is 0 Å². The number of carbonyl (C=O) groups is 2. The highest BCUT2D eigenvalue weighted by Gasteiger charge is 2.22. The smallest absolute Gasteiger partial charge is 0.223 e. The summed E-state index contributed by atoms with van der Waals surface area (Å²) in [5, 5.41) is 3.24. The van der Waals surface area contributed by atoms with Gasteiger partial charge in [0.05, 0.1) is 0 Å². The van der Waals surface area contributed by atoms with Crippen molar-refractivity contribution in [1.82, 2.24) is 10.2 Å². The molecule has 116 valence electrons. The first-order valence-electron chi connectivity index (χ1n) is 7.24. The van der Waals surface area contributed by atoms with E-state index in [1.165, 1.54) is 0 Å². The van der Waals surface area contributed by atoms with Crippen molar-refractivity contribution in [3.63, 3.8) is 0 Å². The summed E-state index contributed by atoms with van der Waals surface area (Å²) < 4.78 is 0. The Morgan fingerprint density at radius 3 is 2.33 bits per heavy atom. The highest BCUT2D eigenvalue weighted by Crippen LogP contribution is 2.13. The lowest BCUT2D eigenvalue weighted by Gasteiger charge is -2.31. The van der Waals surface area contributed by atoms with Gasteiger partial charge in [0.1, 0.15) is 0 Å². The van der Waals surface area contributed by atoms with Gasteiger partial charge in [-0.2, -0.15) is 0 Å². The first kappa shape index (κ1) is 17.7. The average Bonchev–Trinajstić information content (AvgIpc) is 2.53. The van der Waals surface area contributed by atoms with Crippen LogP contribution in [-0.2, 0) is 4.79 Å². The van der Waals surface area contributed by atoms with E-state index in [0.29, 0.717) is 24.4 Å². The monoisotopic (exact) mass is 310 g/mol. The molecule has 21 heavy (non-hydrogen) atoms. The number of halogens is 1. The fourth-order valence-electron chi connectivity index (χ4n) is 2.56. The van der Waals surface area contributed by atoms with Crippen molar-refractivity contribution in [1.29, 1.82) is 0 Å². The molecule has 1 heterocycles. The van der Waals surface area contributed by atoms with E-state index in [-0.39, 0.29) is 24.1 Å². The Balaban J connectivity index is 0.00000220. The van der Waals surface area contributed by atoms with Crippen LogP contribution in [0.3, 0.4) is 0 Å². The molecule has 1 amide bonds. The van der Waals surface area contributed by atoms with Crippen LogP contribution in [0.1, 0.15) is 36.0 Å². The third kappa shape index (κ3) is 5.14. The van der Waals surface area contributed by atoms with Crippen LogP contribution in [0.4, 0.5) is 0 Å². The molecule has 0 spiro atoms. The molecule has 1 aromatic carbocycles. The van der Waals surface area contributed by atoms with Gasteiger partial charge in [-0.05, 0) is 19.9 Å². The Bertz CT molecular complexity index is 457. The average molecular weight is 311 g/mol. The van der Waals surface area contributed by atoms with Gasteiger partial charge in [0.15, 0.2) is 5.78 Å². The van der Waals surface area contributed by atoms with Crippen molar-refractivity contribution < 1.29 is 9.59 Å². The summed E-state index contributed by atoms with van der Waals surface area (Å²) in [4.78, 5) is 25.9. The predicted octanol–water partition coefficient (Wildman–Crippen LogP) is 2.28. The molecule has 0 aromatic heterocycles. The molecule has 0 radical (unpaired) electrons. The van der Waals surface area contributed by atoms with E-state index in [1.807, 2.05) is 30.1 Å². The van der Waals surface area contributed by atoms with Crippen LogP contribution in [0.2, 0.25) is 0 Å². The summed E-state index contributed by atoms with van der Waals surface area (Å²) in [5.74, 6) is 0.146. The zero-order valence-corrected chi connectivity index (χ0v) is 13.2. The minimum Gasteiger partial charge on any atom is -0.343 e. The number of hydrogen-bond acceptors (Lipinski definition) is 3. The van der Waals surface area contributed by atoms with Crippen molar-refractivity contribution in [3.8, 4) is 0 Å². The number of hydrogen-bond donors (Lipinski definition) is 1. The van der Waals surface area contributed by atoms with Crippen LogP contribution >= 0.6 is 12.4 Å². The second kappa shape index (κ2) is 8.80. The quantitative estimate of drug-likeness (QED) is 0.849. The zero-order chi connectivity index (χ0) is 14.4. The molecule has 0 bridgehead atoms. The van der Waals surface area contributed by atoms with E-state index >= 15 is 0 Å². The fourth-order valence-corrected chi connectivity index (χ4v) is 2.56. The van der Waals surface area contributed by atoms with Crippen molar-refractivity contribution >= 4 is 24.1 Å². The van der Waals surface area contributed by atoms with E-state index in [4.69, 9.17) is 0 Å². The molecule has 1 aliphatic rings. The van der Waals surface area contributed by atoms with Gasteiger partial charge in [-0.25, -0.2) is 0 Å². The van der Waals surface area contributed by atoms with Gasteiger partial charge in [0, 0.05) is 37.5 Å². The van der Waals surface area contributed by atoms with E-state index in [1.54, 1.807) is 12.1 Å². The van der Waals surface area contributed by atoms with E-state index in [2.05, 4.69) is 5.32 Å². The minimum absolute atomic E-state index is 0. The van der Waals surface area contributed by atoms with Crippen LogP contribution in [-0.4, -0.2) is 42.8 Å². The maximum absolute atomic E-state index is 12.1. The number of nitrogens with one attached hydrogen (secondary N) is 1. The Morgan fingerprint density at radius 1 is 1.14 bits per heavy atom. The Morgan fingerprint density at radius 2 is 1.76 bits per heavy atom. The van der Waals surface area contributed by atoms with Crippen molar-refractivity contribution in [2.75, 3.05) is 20.1 Å². The molecule has 0 unspecified atom stereocenters. The summed E-state index contributed by atoms with van der Waals surface area (Å²) in [7, 11) is 1.96. The summed E-state index contributed by atoms with van der Waals surface area (Å²) in [5.41, 5.74) is 0.689. The molecule has 5 heteroatoms. The molecule has 1 fully saturated rings. The fraction of sp³-hybridized carbons (Fsp3) is 0.500. The second-order valence-electron chi connectivity index (χ2n) is 5.23. The molecular formula is C16H23ClN2O2. The number of Topliss-reactive ketones (excluding diaryl/α,β-unsaturated/α-hetero) is 1. The Hall–Kier alpha value is -1.39. The molecular weight excluding hydrogens is 288 g/mol. The maximum Gasteiger partial charge on any atom is 0.223 e. The minimum atomic E-state index is 0. The topological polar surface area (TPSA) is 49.4 Å². The predicted molar refractivity (Wildman–Crippen MR) is 85.9 cm³/mol. The van der Waals surface area contributed by atoms with E-state index in [0.717, 1.165) is 25.9 Å². The zero-order valence-electron chi connectivity index (χ0n) is 12.4. The first-order chi connectivity index (χ1) is 9.70. The Kier molecular flexibility index (Phi) is 7.40. The lowest BCUT2D eigenvalue weighted by Crippen LogP contribution is -2.44. The van der Waals surface area contributed by atoms with Gasteiger partial charge in [-0.3, -0.25) is 9.59 Å². The summed E-state index contributed by atoms with van der Waals surface area (Å²) in [6.07, 6.45) is 2.61. The second-order valence-corrected chi connectivity index (χ2v) is 5.23. The molecule has 1 N–H and O–H groups in total. The van der Waals surface area contributed by atoms with E-state index in [9.17, 15) is 9.59 Å². The molecule has 1 aromatic rings. The van der Waals surface area contributed by atoms with Gasteiger partial charge in [0.25, 0.3) is 0 Å². The lowest BCUT2D eigenvalue weighted by molar-refractivity contribution is -0.132. The van der Waals surface area contributed by atoms with Gasteiger partial charge < -0.3 is 10.2 Å². The van der Waals surface area contributed by atoms with Crippen LogP contribution in [0.5, 0.6) is 0 Å². The van der Waals surface area contributed by atoms with Gasteiger partial charge in [0.2, 0.25) is 5.91 Å². The third-order valence-corrected chi connectivity index (χ3v) is 3.92. The third-order valence-electron chi connectivity index (χ3n) is 3.92. The molecule has 0 aliphatic carbocycles. The molecule has 2 rings (SSSR count). The number of piperidine rings is 1. The van der Waals surface area contributed by atoms with Crippen molar-refractivity contribution in [2.45, 2.75) is 31.7 Å². The van der Waals surface area contributed by atoms with Crippen molar-refractivity contribution in [3.05, 3.63) is 35.9 Å². The van der Waals surface area contributed by atoms with Gasteiger partial charge in [-0.15, -0.1) is 12.4 Å². The normalized spacial score (nSPS) is 15.4. The summed E-state index contributed by atoms with van der Waals surface area (Å²) >= 11 is 0. The van der Waals surface area contributed by atoms with Gasteiger partial charge in [-0.1, -0.05) is 30.3 Å². The molecule has 1 saturated heterocycles. The number of benzene rings is 1. The number of likely N-dealkylation sites (tertiary alicyclic amines) is 1. The SMILES string of the molecule is CNC1CCN(C(=O)CCC(=O)c2ccccc2)CC1.Cl. The number of rotatable bonds is 5. The molecule has 0 atom stereocenters. The Labute approximate surface area is 132 Å². The van der Waals surface area contributed by atoms with Crippen LogP contribution in [0.25, 0.3) is 0 Å². The first-order valence-corrected chi connectivity index (χ1v) is 7.24. The van der Waals surface area contributed by atoms with Crippen molar-refractivity contribution in [2.24, 2.45) is 0 Å². The lowest BCUT2D eigenvalue weighted by atomic mass is 10.0. The molecule has 4 nitrogen and oxygen atoms in total. The number of ketones is 1. The van der Waals surface area contributed by atoms with Crippen LogP contribution < -0.4 is 5.32 Å². The molecule has 1 aliphatic heterocycles.